The Morgan fingerprint density at radius 3 is 2.45 bits per heavy atom. The van der Waals surface area contributed by atoms with Gasteiger partial charge in [-0.3, -0.25) is 0 Å². The van der Waals surface area contributed by atoms with Crippen LogP contribution in [-0.4, -0.2) is 4.98 Å². The zero-order valence-corrected chi connectivity index (χ0v) is 12.1. The first-order chi connectivity index (χ1) is 9.76. The maximum absolute atomic E-state index is 4.76. The lowest BCUT2D eigenvalue weighted by atomic mass is 10.0. The van der Waals surface area contributed by atoms with Gasteiger partial charge in [0.25, 0.3) is 0 Å². The fraction of sp³-hybridized carbons (Fsp3) is 0.211. The number of nitrogens with zero attached hydrogens (tertiary/aromatic N) is 1. The van der Waals surface area contributed by atoms with Gasteiger partial charge < -0.3 is 0 Å². The van der Waals surface area contributed by atoms with Crippen LogP contribution in [0.25, 0.3) is 22.2 Å². The SMILES string of the molecule is CCCc1ccc(-c2ccc3cc(C)ccc3n2)cc1. The van der Waals surface area contributed by atoms with Crippen molar-refractivity contribution in [2.45, 2.75) is 26.7 Å². The fourth-order valence-corrected chi connectivity index (χ4v) is 2.54. The Balaban J connectivity index is 1.99. The molecule has 0 aliphatic rings. The smallest absolute Gasteiger partial charge is 0.0709 e. The summed E-state index contributed by atoms with van der Waals surface area (Å²) >= 11 is 0. The van der Waals surface area contributed by atoms with Crippen molar-refractivity contribution in [3.8, 4) is 11.3 Å². The molecule has 0 fully saturated rings. The Morgan fingerprint density at radius 1 is 0.900 bits per heavy atom. The molecule has 0 unspecified atom stereocenters. The van der Waals surface area contributed by atoms with Crippen molar-refractivity contribution in [2.24, 2.45) is 0 Å². The number of aryl methyl sites for hydroxylation is 2. The number of hydrogen-bond donors (Lipinski definition) is 0. The third-order valence-corrected chi connectivity index (χ3v) is 3.63. The van der Waals surface area contributed by atoms with Crippen molar-refractivity contribution in [1.82, 2.24) is 4.98 Å². The highest BCUT2D eigenvalue weighted by Crippen LogP contribution is 2.22. The lowest BCUT2D eigenvalue weighted by molar-refractivity contribution is 0.922. The summed E-state index contributed by atoms with van der Waals surface area (Å²) in [6.07, 6.45) is 2.33. The van der Waals surface area contributed by atoms with Crippen molar-refractivity contribution in [3.05, 3.63) is 65.7 Å². The zero-order valence-electron chi connectivity index (χ0n) is 12.1. The monoisotopic (exact) mass is 261 g/mol. The van der Waals surface area contributed by atoms with E-state index in [1.165, 1.54) is 28.5 Å². The van der Waals surface area contributed by atoms with Crippen LogP contribution in [0.3, 0.4) is 0 Å². The largest absolute Gasteiger partial charge is 0.248 e. The van der Waals surface area contributed by atoms with Crippen LogP contribution in [0.15, 0.2) is 54.6 Å². The molecule has 3 rings (SSSR count). The maximum atomic E-state index is 4.76. The predicted octanol–water partition coefficient (Wildman–Crippen LogP) is 5.16. The van der Waals surface area contributed by atoms with Crippen molar-refractivity contribution < 1.29 is 0 Å². The minimum Gasteiger partial charge on any atom is -0.248 e. The van der Waals surface area contributed by atoms with E-state index >= 15 is 0 Å². The first kappa shape index (κ1) is 12.9. The molecule has 0 atom stereocenters. The van der Waals surface area contributed by atoms with Gasteiger partial charge >= 0.3 is 0 Å². The molecule has 0 aliphatic carbocycles. The van der Waals surface area contributed by atoms with Crippen LogP contribution in [0.5, 0.6) is 0 Å². The second-order valence-corrected chi connectivity index (χ2v) is 5.34. The molecule has 0 amide bonds. The quantitative estimate of drug-likeness (QED) is 0.634. The number of rotatable bonds is 3. The first-order valence-corrected chi connectivity index (χ1v) is 7.23. The molecule has 0 bridgehead atoms. The Hall–Kier alpha value is -2.15. The summed E-state index contributed by atoms with van der Waals surface area (Å²) in [6, 6.07) is 19.4. The molecule has 0 aliphatic heterocycles. The Morgan fingerprint density at radius 2 is 1.70 bits per heavy atom. The molecule has 1 heterocycles. The molecule has 20 heavy (non-hydrogen) atoms. The van der Waals surface area contributed by atoms with Crippen LogP contribution in [0.2, 0.25) is 0 Å². The van der Waals surface area contributed by atoms with Crippen LogP contribution < -0.4 is 0 Å². The van der Waals surface area contributed by atoms with E-state index in [1.807, 2.05) is 0 Å². The second-order valence-electron chi connectivity index (χ2n) is 5.34. The first-order valence-electron chi connectivity index (χ1n) is 7.23. The van der Waals surface area contributed by atoms with Gasteiger partial charge in [0.1, 0.15) is 0 Å². The molecule has 0 spiro atoms. The van der Waals surface area contributed by atoms with Gasteiger partial charge in [-0.25, -0.2) is 4.98 Å². The zero-order chi connectivity index (χ0) is 13.9. The van der Waals surface area contributed by atoms with Crippen molar-refractivity contribution in [2.75, 3.05) is 0 Å². The molecule has 0 radical (unpaired) electrons. The number of benzene rings is 2. The van der Waals surface area contributed by atoms with E-state index in [0.717, 1.165) is 17.6 Å². The van der Waals surface area contributed by atoms with E-state index in [-0.39, 0.29) is 0 Å². The topological polar surface area (TPSA) is 12.9 Å². The van der Waals surface area contributed by atoms with Gasteiger partial charge in [0.2, 0.25) is 0 Å². The van der Waals surface area contributed by atoms with Gasteiger partial charge in [0, 0.05) is 10.9 Å². The van der Waals surface area contributed by atoms with Gasteiger partial charge in [-0.2, -0.15) is 0 Å². The van der Waals surface area contributed by atoms with Gasteiger partial charge in [-0.1, -0.05) is 55.3 Å². The van der Waals surface area contributed by atoms with Gasteiger partial charge in [0.05, 0.1) is 11.2 Å². The van der Waals surface area contributed by atoms with Gasteiger partial charge in [-0.05, 0) is 37.1 Å². The summed E-state index contributed by atoms with van der Waals surface area (Å²) in [5.41, 5.74) is 5.96. The normalized spacial score (nSPS) is 10.9. The molecule has 100 valence electrons. The third-order valence-electron chi connectivity index (χ3n) is 3.63. The predicted molar refractivity (Wildman–Crippen MR) is 85.9 cm³/mol. The molecule has 1 aromatic heterocycles. The molecule has 1 heteroatoms. The standard InChI is InChI=1S/C19H19N/c1-3-4-15-6-8-16(9-7-15)18-12-10-17-13-14(2)5-11-19(17)20-18/h5-13H,3-4H2,1-2H3. The average molecular weight is 261 g/mol. The highest BCUT2D eigenvalue weighted by Gasteiger charge is 2.02. The summed E-state index contributed by atoms with van der Waals surface area (Å²) < 4.78 is 0. The lowest BCUT2D eigenvalue weighted by Crippen LogP contribution is -1.87. The van der Waals surface area contributed by atoms with E-state index < -0.39 is 0 Å². The number of pyridine rings is 1. The molecule has 1 nitrogen and oxygen atoms in total. The molecule has 0 N–H and O–H groups in total. The van der Waals surface area contributed by atoms with E-state index in [1.54, 1.807) is 0 Å². The maximum Gasteiger partial charge on any atom is 0.0709 e. The molecule has 0 saturated carbocycles. The van der Waals surface area contributed by atoms with Gasteiger partial charge in [0.15, 0.2) is 0 Å². The Labute approximate surface area is 120 Å². The Bertz CT molecular complexity index is 726. The van der Waals surface area contributed by atoms with E-state index in [4.69, 9.17) is 4.98 Å². The molecule has 2 aromatic carbocycles. The second kappa shape index (κ2) is 5.46. The summed E-state index contributed by atoms with van der Waals surface area (Å²) in [5.74, 6) is 0. The van der Waals surface area contributed by atoms with Crippen LogP contribution in [0.1, 0.15) is 24.5 Å². The van der Waals surface area contributed by atoms with Crippen LogP contribution in [0.4, 0.5) is 0 Å². The highest BCUT2D eigenvalue weighted by molar-refractivity contribution is 5.82. The minimum absolute atomic E-state index is 1.05. The molecule has 0 saturated heterocycles. The van der Waals surface area contributed by atoms with Crippen LogP contribution in [0, 0.1) is 6.92 Å². The highest BCUT2D eigenvalue weighted by atomic mass is 14.7. The summed E-state index contributed by atoms with van der Waals surface area (Å²) in [6.45, 7) is 4.32. The van der Waals surface area contributed by atoms with E-state index in [9.17, 15) is 0 Å². The van der Waals surface area contributed by atoms with Gasteiger partial charge in [-0.15, -0.1) is 0 Å². The van der Waals surface area contributed by atoms with Crippen LogP contribution in [-0.2, 0) is 6.42 Å². The summed E-state index contributed by atoms with van der Waals surface area (Å²) in [4.78, 5) is 4.76. The Kier molecular flexibility index (Phi) is 3.51. The van der Waals surface area contributed by atoms with Crippen molar-refractivity contribution in [3.63, 3.8) is 0 Å². The van der Waals surface area contributed by atoms with E-state index in [0.29, 0.717) is 0 Å². The average Bonchev–Trinajstić information content (AvgIpc) is 2.48. The minimum atomic E-state index is 1.05. The fourth-order valence-electron chi connectivity index (χ4n) is 2.54. The van der Waals surface area contributed by atoms with Crippen LogP contribution >= 0.6 is 0 Å². The summed E-state index contributed by atoms with van der Waals surface area (Å²) in [5, 5.41) is 1.20. The lowest BCUT2D eigenvalue weighted by Gasteiger charge is -2.05. The third kappa shape index (κ3) is 2.57. The molecular formula is C19H19N. The van der Waals surface area contributed by atoms with Crippen molar-refractivity contribution >= 4 is 10.9 Å². The van der Waals surface area contributed by atoms with E-state index in [2.05, 4.69) is 68.4 Å². The molecule has 3 aromatic rings. The van der Waals surface area contributed by atoms with Crippen molar-refractivity contribution in [1.29, 1.82) is 0 Å². The summed E-state index contributed by atoms with van der Waals surface area (Å²) in [7, 11) is 0. The number of fused-ring (bicyclic) bond motifs is 1. The molecular weight excluding hydrogens is 242 g/mol. The number of hydrogen-bond acceptors (Lipinski definition) is 1. The number of aromatic nitrogens is 1.